The molecule has 2 aromatic heterocycles. The van der Waals surface area contributed by atoms with Gasteiger partial charge < -0.3 is 15.0 Å². The van der Waals surface area contributed by atoms with E-state index in [0.717, 1.165) is 25.2 Å². The number of anilines is 1. The molecule has 94 valence electrons. The van der Waals surface area contributed by atoms with Gasteiger partial charge in [-0.05, 0) is 18.6 Å². The molecule has 0 unspecified atom stereocenters. The summed E-state index contributed by atoms with van der Waals surface area (Å²) < 4.78 is 2.01. The summed E-state index contributed by atoms with van der Waals surface area (Å²) in [6.45, 7) is 1.69. The molecule has 0 aliphatic heterocycles. The van der Waals surface area contributed by atoms with E-state index in [-0.39, 0.29) is 5.69 Å². The van der Waals surface area contributed by atoms with Gasteiger partial charge in [0.25, 0.3) is 0 Å². The van der Waals surface area contributed by atoms with Crippen molar-refractivity contribution < 1.29 is 9.90 Å². The zero-order chi connectivity index (χ0) is 12.8. The van der Waals surface area contributed by atoms with Crippen LogP contribution in [0.15, 0.2) is 37.1 Å². The quantitative estimate of drug-likeness (QED) is 0.754. The fourth-order valence-corrected chi connectivity index (χ4v) is 1.54. The molecule has 6 heteroatoms. The van der Waals surface area contributed by atoms with Gasteiger partial charge >= 0.3 is 5.97 Å². The number of carboxylic acid groups (broad SMARTS) is 1. The first-order valence-electron chi connectivity index (χ1n) is 5.64. The summed E-state index contributed by atoms with van der Waals surface area (Å²) in [5.41, 5.74) is 0.879. The Morgan fingerprint density at radius 3 is 2.94 bits per heavy atom. The van der Waals surface area contributed by atoms with Gasteiger partial charge in [0, 0.05) is 25.5 Å². The summed E-state index contributed by atoms with van der Waals surface area (Å²) in [6, 6.07) is 3.20. The predicted molar refractivity (Wildman–Crippen MR) is 66.5 cm³/mol. The Kier molecular flexibility index (Phi) is 3.90. The maximum absolute atomic E-state index is 10.6. The minimum atomic E-state index is -1.01. The highest BCUT2D eigenvalue weighted by atomic mass is 16.4. The molecule has 2 N–H and O–H groups in total. The van der Waals surface area contributed by atoms with Crippen LogP contribution in [0.1, 0.15) is 16.9 Å². The van der Waals surface area contributed by atoms with Gasteiger partial charge in [0.05, 0.1) is 18.2 Å². The molecule has 0 aliphatic rings. The topological polar surface area (TPSA) is 80.0 Å². The molecule has 0 aromatic carbocycles. The highest BCUT2D eigenvalue weighted by Gasteiger charge is 2.02. The van der Waals surface area contributed by atoms with Gasteiger partial charge in [-0.15, -0.1) is 0 Å². The fourth-order valence-electron chi connectivity index (χ4n) is 1.54. The second-order valence-electron chi connectivity index (χ2n) is 3.82. The number of carboxylic acids is 1. The van der Waals surface area contributed by atoms with E-state index in [1.54, 1.807) is 18.6 Å². The number of aromatic nitrogens is 3. The van der Waals surface area contributed by atoms with Gasteiger partial charge in [-0.3, -0.25) is 0 Å². The van der Waals surface area contributed by atoms with Gasteiger partial charge in [0.1, 0.15) is 5.69 Å². The molecule has 18 heavy (non-hydrogen) atoms. The third kappa shape index (κ3) is 3.31. The molecular weight excluding hydrogens is 232 g/mol. The number of aryl methyl sites for hydroxylation is 1. The highest BCUT2D eigenvalue weighted by Crippen LogP contribution is 2.06. The Labute approximate surface area is 104 Å². The van der Waals surface area contributed by atoms with Crippen LogP contribution in [0.2, 0.25) is 0 Å². The molecule has 0 bridgehead atoms. The first kappa shape index (κ1) is 12.1. The SMILES string of the molecule is O=C(O)c1ccc(NCCCn2ccnc2)cn1. The van der Waals surface area contributed by atoms with Crippen molar-refractivity contribution in [1.82, 2.24) is 14.5 Å². The number of hydrogen-bond acceptors (Lipinski definition) is 4. The summed E-state index contributed by atoms with van der Waals surface area (Å²) in [7, 11) is 0. The lowest BCUT2D eigenvalue weighted by atomic mass is 10.3. The summed E-state index contributed by atoms with van der Waals surface area (Å²) in [4.78, 5) is 18.4. The van der Waals surface area contributed by atoms with Gasteiger partial charge in [-0.25, -0.2) is 14.8 Å². The molecule has 0 saturated carbocycles. The summed E-state index contributed by atoms with van der Waals surface area (Å²) in [5, 5.41) is 11.9. The van der Waals surface area contributed by atoms with Crippen LogP contribution in [0.25, 0.3) is 0 Å². The molecule has 0 fully saturated rings. The van der Waals surface area contributed by atoms with E-state index in [0.29, 0.717) is 0 Å². The van der Waals surface area contributed by atoms with Crippen LogP contribution in [-0.2, 0) is 6.54 Å². The van der Waals surface area contributed by atoms with E-state index >= 15 is 0 Å². The van der Waals surface area contributed by atoms with E-state index in [1.165, 1.54) is 12.3 Å². The maximum atomic E-state index is 10.6. The van der Waals surface area contributed by atoms with Crippen molar-refractivity contribution in [2.45, 2.75) is 13.0 Å². The van der Waals surface area contributed by atoms with Crippen LogP contribution in [0, 0.1) is 0 Å². The lowest BCUT2D eigenvalue weighted by Crippen LogP contribution is -2.07. The first-order valence-corrected chi connectivity index (χ1v) is 5.64. The summed E-state index contributed by atoms with van der Waals surface area (Å²) in [5.74, 6) is -1.01. The third-order valence-corrected chi connectivity index (χ3v) is 2.46. The van der Waals surface area contributed by atoms with E-state index in [9.17, 15) is 4.79 Å². The van der Waals surface area contributed by atoms with Crippen LogP contribution in [-0.4, -0.2) is 32.2 Å². The standard InChI is InChI=1S/C12H14N4O2/c17-12(18)11-3-2-10(8-15-11)14-4-1-6-16-7-5-13-9-16/h2-3,5,7-9,14H,1,4,6H2,(H,17,18). The van der Waals surface area contributed by atoms with Crippen LogP contribution in [0.3, 0.4) is 0 Å². The van der Waals surface area contributed by atoms with Crippen molar-refractivity contribution in [3.8, 4) is 0 Å². The smallest absolute Gasteiger partial charge is 0.354 e. The van der Waals surface area contributed by atoms with Crippen molar-refractivity contribution in [3.05, 3.63) is 42.7 Å². The number of aromatic carboxylic acids is 1. The molecule has 0 aliphatic carbocycles. The third-order valence-electron chi connectivity index (χ3n) is 2.46. The first-order chi connectivity index (χ1) is 8.75. The van der Waals surface area contributed by atoms with E-state index in [2.05, 4.69) is 15.3 Å². The number of carbonyl (C=O) groups is 1. The normalized spacial score (nSPS) is 10.2. The number of nitrogens with zero attached hydrogens (tertiary/aromatic N) is 3. The Morgan fingerprint density at radius 2 is 2.33 bits per heavy atom. The zero-order valence-electron chi connectivity index (χ0n) is 9.78. The van der Waals surface area contributed by atoms with Crippen molar-refractivity contribution in [3.63, 3.8) is 0 Å². The minimum absolute atomic E-state index is 0.0546. The molecular formula is C12H14N4O2. The molecule has 0 amide bonds. The molecule has 6 nitrogen and oxygen atoms in total. The molecule has 0 atom stereocenters. The lowest BCUT2D eigenvalue weighted by Gasteiger charge is -2.06. The molecule has 2 rings (SSSR count). The average Bonchev–Trinajstić information content (AvgIpc) is 2.88. The Balaban J connectivity index is 1.75. The van der Waals surface area contributed by atoms with Gasteiger partial charge in [0.15, 0.2) is 0 Å². The Morgan fingerprint density at radius 1 is 1.44 bits per heavy atom. The monoisotopic (exact) mass is 246 g/mol. The van der Waals surface area contributed by atoms with Crippen LogP contribution < -0.4 is 5.32 Å². The lowest BCUT2D eigenvalue weighted by molar-refractivity contribution is 0.0690. The van der Waals surface area contributed by atoms with Crippen molar-refractivity contribution in [2.75, 3.05) is 11.9 Å². The number of rotatable bonds is 6. The van der Waals surface area contributed by atoms with Crippen LogP contribution in [0.5, 0.6) is 0 Å². The van der Waals surface area contributed by atoms with E-state index < -0.39 is 5.97 Å². The van der Waals surface area contributed by atoms with E-state index in [4.69, 9.17) is 5.11 Å². The zero-order valence-corrected chi connectivity index (χ0v) is 9.78. The number of nitrogens with one attached hydrogen (secondary N) is 1. The summed E-state index contributed by atoms with van der Waals surface area (Å²) in [6.07, 6.45) is 7.94. The molecule has 0 spiro atoms. The van der Waals surface area contributed by atoms with Crippen molar-refractivity contribution in [1.29, 1.82) is 0 Å². The number of imidazole rings is 1. The summed E-state index contributed by atoms with van der Waals surface area (Å²) >= 11 is 0. The molecule has 2 heterocycles. The average molecular weight is 246 g/mol. The maximum Gasteiger partial charge on any atom is 0.354 e. The van der Waals surface area contributed by atoms with Crippen LogP contribution >= 0.6 is 0 Å². The highest BCUT2D eigenvalue weighted by molar-refractivity contribution is 5.85. The number of pyridine rings is 1. The van der Waals surface area contributed by atoms with Gasteiger partial charge in [0.2, 0.25) is 0 Å². The van der Waals surface area contributed by atoms with Gasteiger partial charge in [-0.1, -0.05) is 0 Å². The van der Waals surface area contributed by atoms with E-state index in [1.807, 2.05) is 10.8 Å². The largest absolute Gasteiger partial charge is 0.477 e. The predicted octanol–water partition coefficient (Wildman–Crippen LogP) is 1.48. The molecule has 0 radical (unpaired) electrons. The Hall–Kier alpha value is -2.37. The van der Waals surface area contributed by atoms with Crippen molar-refractivity contribution >= 4 is 11.7 Å². The second-order valence-corrected chi connectivity index (χ2v) is 3.82. The fraction of sp³-hybridized carbons (Fsp3) is 0.250. The van der Waals surface area contributed by atoms with Crippen molar-refractivity contribution in [2.24, 2.45) is 0 Å². The molecule has 2 aromatic rings. The molecule has 0 saturated heterocycles. The minimum Gasteiger partial charge on any atom is -0.477 e. The second kappa shape index (κ2) is 5.81. The van der Waals surface area contributed by atoms with Crippen LogP contribution in [0.4, 0.5) is 5.69 Å². The number of hydrogen-bond donors (Lipinski definition) is 2. The Bertz CT molecular complexity index is 493. The van der Waals surface area contributed by atoms with Gasteiger partial charge in [-0.2, -0.15) is 0 Å².